The van der Waals surface area contributed by atoms with Crippen molar-refractivity contribution in [3.8, 4) is 11.5 Å². The number of benzene rings is 2. The van der Waals surface area contributed by atoms with Crippen molar-refractivity contribution in [3.63, 3.8) is 0 Å². The average molecular weight is 548 g/mol. The Morgan fingerprint density at radius 1 is 1.03 bits per heavy atom. The number of rotatable bonds is 6. The molecule has 2 aromatic carbocycles. The van der Waals surface area contributed by atoms with Crippen LogP contribution < -0.4 is 20.1 Å². The molecule has 2 N–H and O–H groups in total. The van der Waals surface area contributed by atoms with Gasteiger partial charge in [-0.15, -0.1) is 0 Å². The summed E-state index contributed by atoms with van der Waals surface area (Å²) in [5, 5.41) is 5.64. The van der Waals surface area contributed by atoms with Crippen molar-refractivity contribution in [1.29, 1.82) is 0 Å². The third kappa shape index (κ3) is 5.68. The number of methoxy groups -OCH3 is 2. The Morgan fingerprint density at radius 3 is 2.51 bits per heavy atom. The van der Waals surface area contributed by atoms with Gasteiger partial charge in [0.15, 0.2) is 11.5 Å². The van der Waals surface area contributed by atoms with Crippen LogP contribution in [0.5, 0.6) is 11.5 Å². The van der Waals surface area contributed by atoms with Crippen LogP contribution in [0.25, 0.3) is 0 Å². The molecule has 3 aliphatic rings. The molecular formula is C29H36F3N3O4. The topological polar surface area (TPSA) is 72.1 Å². The Bertz CT molecular complexity index is 1170. The van der Waals surface area contributed by atoms with Crippen LogP contribution in [0.2, 0.25) is 0 Å². The van der Waals surface area contributed by atoms with Crippen LogP contribution in [0.3, 0.4) is 0 Å². The van der Waals surface area contributed by atoms with Crippen LogP contribution >= 0.6 is 0 Å². The Morgan fingerprint density at radius 2 is 1.79 bits per heavy atom. The molecule has 2 aromatic rings. The summed E-state index contributed by atoms with van der Waals surface area (Å²) in [4.78, 5) is 15.5. The maximum absolute atomic E-state index is 13.1. The third-order valence-corrected chi connectivity index (χ3v) is 8.70. The second-order valence-corrected chi connectivity index (χ2v) is 10.7. The van der Waals surface area contributed by atoms with E-state index in [2.05, 4.69) is 27.7 Å². The van der Waals surface area contributed by atoms with E-state index in [9.17, 15) is 18.0 Å². The maximum Gasteiger partial charge on any atom is 0.416 e. The number of urea groups is 1. The fourth-order valence-electron chi connectivity index (χ4n) is 6.78. The first-order chi connectivity index (χ1) is 18.7. The van der Waals surface area contributed by atoms with E-state index in [1.807, 2.05) is 6.07 Å². The van der Waals surface area contributed by atoms with Gasteiger partial charge in [0.1, 0.15) is 0 Å². The van der Waals surface area contributed by atoms with Gasteiger partial charge in [0.05, 0.1) is 19.8 Å². The van der Waals surface area contributed by atoms with E-state index in [4.69, 9.17) is 14.2 Å². The molecule has 1 saturated carbocycles. The lowest BCUT2D eigenvalue weighted by Gasteiger charge is -2.47. The second-order valence-electron chi connectivity index (χ2n) is 10.7. The first-order valence-electron chi connectivity index (χ1n) is 13.5. The van der Waals surface area contributed by atoms with Gasteiger partial charge in [-0.3, -0.25) is 4.90 Å². The van der Waals surface area contributed by atoms with Crippen molar-refractivity contribution in [2.45, 2.75) is 68.2 Å². The van der Waals surface area contributed by atoms with E-state index >= 15 is 0 Å². The van der Waals surface area contributed by atoms with Crippen LogP contribution in [0.15, 0.2) is 42.5 Å². The Labute approximate surface area is 227 Å². The van der Waals surface area contributed by atoms with E-state index in [1.54, 1.807) is 14.2 Å². The summed E-state index contributed by atoms with van der Waals surface area (Å²) in [6.07, 6.45) is 0.888. The van der Waals surface area contributed by atoms with Gasteiger partial charge in [0.2, 0.25) is 0 Å². The quantitative estimate of drug-likeness (QED) is 0.494. The number of halogens is 3. The zero-order valence-corrected chi connectivity index (χ0v) is 22.4. The highest BCUT2D eigenvalue weighted by Gasteiger charge is 2.53. The van der Waals surface area contributed by atoms with Crippen molar-refractivity contribution in [2.24, 2.45) is 0 Å². The first kappa shape index (κ1) is 27.6. The van der Waals surface area contributed by atoms with Gasteiger partial charge < -0.3 is 24.8 Å². The summed E-state index contributed by atoms with van der Waals surface area (Å²) in [7, 11) is 3.27. The third-order valence-electron chi connectivity index (χ3n) is 8.70. The lowest BCUT2D eigenvalue weighted by Crippen LogP contribution is -2.55. The molecule has 10 heteroatoms. The SMILES string of the molecule is COc1ccc(C23CCC(NC(=O)Nc4cccc(C(F)(F)F)c4)CC2N(C2CCOCC2)CC3)cc1OC. The van der Waals surface area contributed by atoms with Gasteiger partial charge in [-0.1, -0.05) is 12.1 Å². The number of carbonyl (C=O) groups excluding carboxylic acids is 1. The lowest BCUT2D eigenvalue weighted by molar-refractivity contribution is -0.137. The molecule has 2 aliphatic heterocycles. The van der Waals surface area contributed by atoms with Gasteiger partial charge in [0.25, 0.3) is 0 Å². The van der Waals surface area contributed by atoms with Crippen LogP contribution in [0, 0.1) is 0 Å². The summed E-state index contributed by atoms with van der Waals surface area (Å²) in [5.74, 6) is 1.39. The largest absolute Gasteiger partial charge is 0.493 e. The van der Waals surface area contributed by atoms with Crippen LogP contribution in [-0.4, -0.2) is 63.0 Å². The van der Waals surface area contributed by atoms with Crippen molar-refractivity contribution in [2.75, 3.05) is 39.3 Å². The number of alkyl halides is 3. The zero-order valence-electron chi connectivity index (χ0n) is 22.4. The smallest absolute Gasteiger partial charge is 0.416 e. The maximum atomic E-state index is 13.1. The molecular weight excluding hydrogens is 511 g/mol. The molecule has 2 amide bonds. The minimum Gasteiger partial charge on any atom is -0.493 e. The first-order valence-corrected chi connectivity index (χ1v) is 13.5. The highest BCUT2D eigenvalue weighted by Crippen LogP contribution is 2.51. The van der Waals surface area contributed by atoms with Gasteiger partial charge >= 0.3 is 12.2 Å². The fraction of sp³-hybridized carbons (Fsp3) is 0.552. The molecule has 3 unspecified atom stereocenters. The molecule has 3 fully saturated rings. The van der Waals surface area contributed by atoms with Crippen LogP contribution in [0.1, 0.15) is 49.7 Å². The Kier molecular flexibility index (Phi) is 7.96. The summed E-state index contributed by atoms with van der Waals surface area (Å²) >= 11 is 0. The van der Waals surface area contributed by atoms with Crippen LogP contribution in [-0.2, 0) is 16.3 Å². The average Bonchev–Trinajstić information content (AvgIpc) is 3.32. The molecule has 1 aliphatic carbocycles. The summed E-state index contributed by atoms with van der Waals surface area (Å²) in [5.41, 5.74) is 0.443. The summed E-state index contributed by atoms with van der Waals surface area (Å²) in [6, 6.07) is 10.9. The van der Waals surface area contributed by atoms with Gasteiger partial charge in [-0.2, -0.15) is 13.2 Å². The number of hydrogen-bond donors (Lipinski definition) is 2. The molecule has 0 bridgehead atoms. The number of carbonyl (C=O) groups is 1. The van der Waals surface area contributed by atoms with Crippen LogP contribution in [0.4, 0.5) is 23.7 Å². The van der Waals surface area contributed by atoms with Gasteiger partial charge in [0, 0.05) is 42.4 Å². The van der Waals surface area contributed by atoms with E-state index in [0.29, 0.717) is 17.5 Å². The normalized spacial score (nSPS) is 26.1. The zero-order chi connectivity index (χ0) is 27.6. The monoisotopic (exact) mass is 547 g/mol. The highest BCUT2D eigenvalue weighted by molar-refractivity contribution is 5.89. The Balaban J connectivity index is 1.35. The summed E-state index contributed by atoms with van der Waals surface area (Å²) in [6.45, 7) is 2.46. The molecule has 0 spiro atoms. The lowest BCUT2D eigenvalue weighted by atomic mass is 9.65. The molecule has 5 rings (SSSR count). The summed E-state index contributed by atoms with van der Waals surface area (Å²) < 4.78 is 56.0. The fourth-order valence-corrected chi connectivity index (χ4v) is 6.78. The van der Waals surface area contributed by atoms with Gasteiger partial charge in [-0.25, -0.2) is 4.79 Å². The van der Waals surface area contributed by atoms with Crippen molar-refractivity contribution in [3.05, 3.63) is 53.6 Å². The molecule has 3 atom stereocenters. The number of amides is 2. The van der Waals surface area contributed by atoms with Crippen molar-refractivity contribution >= 4 is 11.7 Å². The van der Waals surface area contributed by atoms with E-state index < -0.39 is 17.8 Å². The number of hydrogen-bond acceptors (Lipinski definition) is 5. The number of nitrogens with one attached hydrogen (secondary N) is 2. The van der Waals surface area contributed by atoms with E-state index in [0.717, 1.165) is 70.4 Å². The standard InChI is InChI=1S/C29H36F3N3O4/c1-37-24-7-6-19(17-25(24)38-2)28-11-8-22(18-26(28)35(13-12-28)23-9-14-39-15-10-23)34-27(36)33-21-5-3-4-20(16-21)29(30,31)32/h3-7,16-17,22-23,26H,8-15,18H2,1-2H3,(H2,33,34,36). The number of fused-ring (bicyclic) bond motifs is 1. The van der Waals surface area contributed by atoms with Crippen molar-refractivity contribution < 1.29 is 32.2 Å². The molecule has 212 valence electrons. The molecule has 39 heavy (non-hydrogen) atoms. The Hall–Kier alpha value is -2.98. The predicted molar refractivity (Wildman–Crippen MR) is 141 cm³/mol. The predicted octanol–water partition coefficient (Wildman–Crippen LogP) is 5.59. The number of nitrogens with zero attached hydrogens (tertiary/aromatic N) is 1. The molecule has 2 heterocycles. The molecule has 7 nitrogen and oxygen atoms in total. The highest BCUT2D eigenvalue weighted by atomic mass is 19.4. The van der Waals surface area contributed by atoms with E-state index in [-0.39, 0.29) is 23.2 Å². The molecule has 2 saturated heterocycles. The number of anilines is 1. The van der Waals surface area contributed by atoms with Gasteiger partial charge in [-0.05, 0) is 81.0 Å². The second kappa shape index (κ2) is 11.3. The number of likely N-dealkylation sites (tertiary alicyclic amines) is 1. The molecule has 0 radical (unpaired) electrons. The minimum absolute atomic E-state index is 0.0897. The molecule has 0 aromatic heterocycles. The number of ether oxygens (including phenoxy) is 3. The van der Waals surface area contributed by atoms with E-state index in [1.165, 1.54) is 17.7 Å². The van der Waals surface area contributed by atoms with Crippen molar-refractivity contribution in [1.82, 2.24) is 10.2 Å². The minimum atomic E-state index is -4.47.